The number of aliphatic hydroxyl groups is 1. The third-order valence-electron chi connectivity index (χ3n) is 3.40. The molecule has 0 bridgehead atoms. The normalized spacial score (nSPS) is 27.2. The van der Waals surface area contributed by atoms with Crippen LogP contribution in [-0.2, 0) is 4.74 Å². The van der Waals surface area contributed by atoms with E-state index in [4.69, 9.17) is 15.6 Å². The number of aromatic nitrogens is 4. The van der Waals surface area contributed by atoms with Crippen LogP contribution >= 0.6 is 0 Å². The lowest BCUT2D eigenvalue weighted by molar-refractivity contribution is 0.00252. The Bertz CT molecular complexity index is 664. The first-order chi connectivity index (χ1) is 9.10. The molecule has 2 aromatic rings. The largest absolute Gasteiger partial charge is 0.394 e. The number of hydrogen-bond donors (Lipinski definition) is 3. The summed E-state index contributed by atoms with van der Waals surface area (Å²) in [6.07, 6.45) is 1.89. The van der Waals surface area contributed by atoms with Gasteiger partial charge in [-0.3, -0.25) is 9.78 Å². The van der Waals surface area contributed by atoms with Gasteiger partial charge in [-0.25, -0.2) is 9.50 Å². The molecule has 0 aliphatic carbocycles. The molecule has 102 valence electrons. The number of aromatic amines is 1. The van der Waals surface area contributed by atoms with Gasteiger partial charge in [0, 0.05) is 0 Å². The molecule has 0 amide bonds. The maximum atomic E-state index is 11.7. The number of rotatable bonds is 2. The maximum absolute atomic E-state index is 11.7. The Labute approximate surface area is 108 Å². The summed E-state index contributed by atoms with van der Waals surface area (Å²) in [5.41, 5.74) is 6.02. The van der Waals surface area contributed by atoms with E-state index < -0.39 is 0 Å². The fourth-order valence-electron chi connectivity index (χ4n) is 2.53. The van der Waals surface area contributed by atoms with E-state index in [2.05, 4.69) is 15.1 Å². The highest BCUT2D eigenvalue weighted by atomic mass is 16.5. The number of anilines is 1. The molecule has 3 rings (SSSR count). The number of nitrogens with two attached hydrogens (primary N) is 1. The van der Waals surface area contributed by atoms with Crippen molar-refractivity contribution in [2.24, 2.45) is 5.92 Å². The molecule has 19 heavy (non-hydrogen) atoms. The van der Waals surface area contributed by atoms with Gasteiger partial charge in [-0.15, -0.1) is 5.10 Å². The number of fused-ring (bicyclic) bond motifs is 1. The molecule has 1 saturated heterocycles. The molecule has 3 heterocycles. The highest BCUT2D eigenvalue weighted by Crippen LogP contribution is 2.37. The fraction of sp³-hybridized carbons (Fsp3) is 0.545. The molecule has 8 nitrogen and oxygen atoms in total. The van der Waals surface area contributed by atoms with Crippen LogP contribution in [0.3, 0.4) is 0 Å². The van der Waals surface area contributed by atoms with E-state index in [9.17, 15) is 4.79 Å². The van der Waals surface area contributed by atoms with Gasteiger partial charge < -0.3 is 15.6 Å². The van der Waals surface area contributed by atoms with Crippen molar-refractivity contribution < 1.29 is 9.84 Å². The lowest BCUT2D eigenvalue weighted by Gasteiger charge is -2.14. The first-order valence-corrected chi connectivity index (χ1v) is 6.10. The standard InChI is InChI=1S/C11H15N5O3/c1-5-2-6(4-17)19-8(5)7-3-13-9-10(18)14-11(12)15-16(7)9/h3,5-6,8,17H,2,4H2,1H3,(H3,12,14,15,18). The van der Waals surface area contributed by atoms with Crippen molar-refractivity contribution in [3.05, 3.63) is 22.2 Å². The summed E-state index contributed by atoms with van der Waals surface area (Å²) in [5.74, 6) is 0.237. The van der Waals surface area contributed by atoms with Gasteiger partial charge in [-0.05, 0) is 12.3 Å². The van der Waals surface area contributed by atoms with Crippen LogP contribution in [0.1, 0.15) is 25.1 Å². The molecular weight excluding hydrogens is 250 g/mol. The van der Waals surface area contributed by atoms with Gasteiger partial charge in [-0.1, -0.05) is 6.92 Å². The second-order valence-electron chi connectivity index (χ2n) is 4.83. The predicted octanol–water partition coefficient (Wildman–Crippen LogP) is -0.542. The number of aliphatic hydroxyl groups excluding tert-OH is 1. The number of nitrogen functional groups attached to an aromatic ring is 1. The fourth-order valence-corrected chi connectivity index (χ4v) is 2.53. The van der Waals surface area contributed by atoms with Gasteiger partial charge in [0.05, 0.1) is 24.6 Å². The minimum atomic E-state index is -0.386. The highest BCUT2D eigenvalue weighted by molar-refractivity contribution is 5.38. The van der Waals surface area contributed by atoms with Gasteiger partial charge in [-0.2, -0.15) is 0 Å². The zero-order valence-electron chi connectivity index (χ0n) is 10.4. The molecule has 0 aromatic carbocycles. The Hall–Kier alpha value is -1.93. The van der Waals surface area contributed by atoms with Gasteiger partial charge in [0.2, 0.25) is 11.6 Å². The molecule has 3 unspecified atom stereocenters. The lowest BCUT2D eigenvalue weighted by atomic mass is 10.00. The summed E-state index contributed by atoms with van der Waals surface area (Å²) < 4.78 is 7.16. The molecule has 0 spiro atoms. The lowest BCUT2D eigenvalue weighted by Crippen LogP contribution is -2.18. The Balaban J connectivity index is 2.09. The summed E-state index contributed by atoms with van der Waals surface area (Å²) in [6.45, 7) is 2.00. The van der Waals surface area contributed by atoms with Crippen molar-refractivity contribution in [3.63, 3.8) is 0 Å². The van der Waals surface area contributed by atoms with Crippen molar-refractivity contribution >= 4 is 11.6 Å². The number of nitrogens with zero attached hydrogens (tertiary/aromatic N) is 3. The first kappa shape index (κ1) is 12.1. The van der Waals surface area contributed by atoms with Gasteiger partial charge in [0.15, 0.2) is 0 Å². The quantitative estimate of drug-likeness (QED) is 0.671. The zero-order chi connectivity index (χ0) is 13.6. The van der Waals surface area contributed by atoms with E-state index >= 15 is 0 Å². The molecule has 3 atom stereocenters. The SMILES string of the molecule is CC1CC(CO)OC1c1cnc2c(=O)[nH]c(N)nn12. The molecule has 1 aliphatic rings. The van der Waals surface area contributed by atoms with Gasteiger partial charge in [0.25, 0.3) is 5.56 Å². The number of nitrogens with one attached hydrogen (secondary N) is 1. The smallest absolute Gasteiger partial charge is 0.295 e. The van der Waals surface area contributed by atoms with Crippen LogP contribution in [0.2, 0.25) is 0 Å². The first-order valence-electron chi connectivity index (χ1n) is 6.10. The highest BCUT2D eigenvalue weighted by Gasteiger charge is 2.35. The van der Waals surface area contributed by atoms with Crippen molar-refractivity contribution in [3.8, 4) is 0 Å². The molecule has 8 heteroatoms. The minimum absolute atomic E-state index is 0.0201. The molecule has 0 radical (unpaired) electrons. The number of imidazole rings is 1. The van der Waals surface area contributed by atoms with E-state index in [1.807, 2.05) is 6.92 Å². The summed E-state index contributed by atoms with van der Waals surface area (Å²) in [4.78, 5) is 18.1. The van der Waals surface area contributed by atoms with E-state index in [0.717, 1.165) is 6.42 Å². The van der Waals surface area contributed by atoms with E-state index in [1.165, 1.54) is 4.52 Å². The molecule has 1 fully saturated rings. The van der Waals surface area contributed by atoms with E-state index in [0.29, 0.717) is 5.69 Å². The average molecular weight is 265 g/mol. The molecule has 0 saturated carbocycles. The van der Waals surface area contributed by atoms with Crippen LogP contribution < -0.4 is 11.3 Å². The average Bonchev–Trinajstić information content (AvgIpc) is 2.92. The second-order valence-corrected chi connectivity index (χ2v) is 4.83. The van der Waals surface area contributed by atoms with Gasteiger partial charge in [0.1, 0.15) is 6.10 Å². The van der Waals surface area contributed by atoms with Crippen LogP contribution in [0, 0.1) is 5.92 Å². The van der Waals surface area contributed by atoms with Crippen molar-refractivity contribution in [2.45, 2.75) is 25.6 Å². The van der Waals surface area contributed by atoms with Crippen LogP contribution in [-0.4, -0.2) is 37.4 Å². The Kier molecular flexibility index (Phi) is 2.76. The van der Waals surface area contributed by atoms with Crippen molar-refractivity contribution in [2.75, 3.05) is 12.3 Å². The van der Waals surface area contributed by atoms with Crippen LogP contribution in [0.25, 0.3) is 5.65 Å². The molecule has 1 aliphatic heterocycles. The monoisotopic (exact) mass is 265 g/mol. The van der Waals surface area contributed by atoms with Gasteiger partial charge >= 0.3 is 0 Å². The van der Waals surface area contributed by atoms with Crippen LogP contribution in [0.4, 0.5) is 5.95 Å². The van der Waals surface area contributed by atoms with Crippen molar-refractivity contribution in [1.82, 2.24) is 19.6 Å². The second kappa shape index (κ2) is 4.32. The summed E-state index contributed by atoms with van der Waals surface area (Å²) in [7, 11) is 0. The third-order valence-corrected chi connectivity index (χ3v) is 3.40. The Morgan fingerprint density at radius 2 is 2.47 bits per heavy atom. The topological polar surface area (TPSA) is 119 Å². The predicted molar refractivity (Wildman–Crippen MR) is 66.5 cm³/mol. The zero-order valence-corrected chi connectivity index (χ0v) is 10.4. The minimum Gasteiger partial charge on any atom is -0.394 e. The van der Waals surface area contributed by atoms with E-state index in [1.54, 1.807) is 6.20 Å². The molecule has 2 aromatic heterocycles. The Morgan fingerprint density at radius 3 is 3.16 bits per heavy atom. The van der Waals surface area contributed by atoms with Crippen LogP contribution in [0.15, 0.2) is 11.0 Å². The Morgan fingerprint density at radius 1 is 1.68 bits per heavy atom. The number of hydrogen-bond acceptors (Lipinski definition) is 6. The number of ether oxygens (including phenoxy) is 1. The van der Waals surface area contributed by atoms with E-state index in [-0.39, 0.29) is 41.9 Å². The summed E-state index contributed by atoms with van der Waals surface area (Å²) in [5, 5.41) is 13.2. The molecular formula is C11H15N5O3. The summed E-state index contributed by atoms with van der Waals surface area (Å²) in [6, 6.07) is 0. The van der Waals surface area contributed by atoms with Crippen LogP contribution in [0.5, 0.6) is 0 Å². The maximum Gasteiger partial charge on any atom is 0.295 e. The van der Waals surface area contributed by atoms with Crippen molar-refractivity contribution in [1.29, 1.82) is 0 Å². The number of H-pyrrole nitrogens is 1. The summed E-state index contributed by atoms with van der Waals surface area (Å²) >= 11 is 0. The molecule has 4 N–H and O–H groups in total. The third kappa shape index (κ3) is 1.89.